The molecule has 1 atom stereocenters. The number of likely N-dealkylation sites (tertiary alicyclic amines) is 2. The van der Waals surface area contributed by atoms with Gasteiger partial charge in [0.15, 0.2) is 0 Å². The number of nitrogens with zero attached hydrogens (tertiary/aromatic N) is 4. The molecule has 2 amide bonds. The molecule has 2 aliphatic heterocycles. The topological polar surface area (TPSA) is 66.4 Å². The number of hydrogen-bond donors (Lipinski definition) is 0. The molecule has 0 radical (unpaired) electrons. The Labute approximate surface area is 188 Å². The van der Waals surface area contributed by atoms with E-state index in [1.165, 1.54) is 18.6 Å². The summed E-state index contributed by atoms with van der Waals surface area (Å²) in [6.07, 6.45) is 4.70. The molecule has 2 aliphatic rings. The highest BCUT2D eigenvalue weighted by Gasteiger charge is 2.30. The highest BCUT2D eigenvalue weighted by molar-refractivity contribution is 5.80. The monoisotopic (exact) mass is 438 g/mol. The Morgan fingerprint density at radius 2 is 1.66 bits per heavy atom. The molecule has 0 spiro atoms. The lowest BCUT2D eigenvalue weighted by Crippen LogP contribution is -2.37. The first-order valence-electron chi connectivity index (χ1n) is 11.5. The summed E-state index contributed by atoms with van der Waals surface area (Å²) in [6, 6.07) is 6.19. The number of aromatic nitrogens is 2. The van der Waals surface area contributed by atoms with Crippen molar-refractivity contribution in [1.29, 1.82) is 0 Å². The predicted octanol–water partition coefficient (Wildman–Crippen LogP) is 3.35. The van der Waals surface area contributed by atoms with Crippen LogP contribution in [0.5, 0.6) is 0 Å². The molecule has 7 heteroatoms. The zero-order chi connectivity index (χ0) is 22.7. The van der Waals surface area contributed by atoms with E-state index in [9.17, 15) is 14.0 Å². The van der Waals surface area contributed by atoms with E-state index in [2.05, 4.69) is 0 Å². The van der Waals surface area contributed by atoms with Crippen molar-refractivity contribution in [3.05, 3.63) is 58.4 Å². The number of benzene rings is 1. The summed E-state index contributed by atoms with van der Waals surface area (Å²) in [5.41, 5.74) is 3.30. The fraction of sp³-hybridized carbons (Fsp3) is 0.520. The van der Waals surface area contributed by atoms with Gasteiger partial charge in [-0.1, -0.05) is 12.1 Å². The van der Waals surface area contributed by atoms with E-state index in [0.717, 1.165) is 55.1 Å². The SMILES string of the molecule is Cc1nc(C2CCN(C(=O)Cc3cccc(F)c3)C2)nc(C)c1CC(=O)N1CCCCC1. The maximum atomic E-state index is 13.4. The lowest BCUT2D eigenvalue weighted by molar-refractivity contribution is -0.131. The summed E-state index contributed by atoms with van der Waals surface area (Å²) in [5, 5.41) is 0. The van der Waals surface area contributed by atoms with Crippen LogP contribution in [0.15, 0.2) is 24.3 Å². The van der Waals surface area contributed by atoms with E-state index >= 15 is 0 Å². The average molecular weight is 439 g/mol. The molecular formula is C25H31FN4O2. The fourth-order valence-corrected chi connectivity index (χ4v) is 4.74. The van der Waals surface area contributed by atoms with Crippen molar-refractivity contribution in [3.63, 3.8) is 0 Å². The Hall–Kier alpha value is -2.83. The second-order valence-electron chi connectivity index (χ2n) is 8.98. The number of hydrogen-bond acceptors (Lipinski definition) is 4. The number of rotatable bonds is 5. The van der Waals surface area contributed by atoms with Crippen molar-refractivity contribution >= 4 is 11.8 Å². The summed E-state index contributed by atoms with van der Waals surface area (Å²) in [4.78, 5) is 38.6. The smallest absolute Gasteiger partial charge is 0.227 e. The maximum absolute atomic E-state index is 13.4. The summed E-state index contributed by atoms with van der Waals surface area (Å²) in [7, 11) is 0. The molecule has 1 aromatic carbocycles. The molecule has 170 valence electrons. The van der Waals surface area contributed by atoms with E-state index in [-0.39, 0.29) is 30.0 Å². The van der Waals surface area contributed by atoms with Crippen molar-refractivity contribution in [3.8, 4) is 0 Å². The highest BCUT2D eigenvalue weighted by atomic mass is 19.1. The third kappa shape index (κ3) is 5.14. The third-order valence-corrected chi connectivity index (χ3v) is 6.63. The Bertz CT molecular complexity index is 980. The standard InChI is InChI=1S/C25H31FN4O2/c1-17-22(15-24(32)29-10-4-3-5-11-29)18(2)28-25(27-17)20-9-12-30(16-20)23(31)14-19-7-6-8-21(26)13-19/h6-8,13,20H,3-5,9-12,14-16H2,1-2H3. The molecule has 4 rings (SSSR count). The lowest BCUT2D eigenvalue weighted by atomic mass is 10.0. The summed E-state index contributed by atoms with van der Waals surface area (Å²) >= 11 is 0. The van der Waals surface area contributed by atoms with Gasteiger partial charge in [-0.2, -0.15) is 0 Å². The Kier molecular flexibility index (Phi) is 6.82. The molecule has 1 aromatic heterocycles. The van der Waals surface area contributed by atoms with Gasteiger partial charge in [-0.15, -0.1) is 0 Å². The van der Waals surface area contributed by atoms with E-state index in [1.54, 1.807) is 12.1 Å². The largest absolute Gasteiger partial charge is 0.342 e. The van der Waals surface area contributed by atoms with Crippen LogP contribution in [0.3, 0.4) is 0 Å². The molecule has 0 N–H and O–H groups in total. The van der Waals surface area contributed by atoms with Crippen molar-refractivity contribution in [2.45, 2.75) is 58.3 Å². The van der Waals surface area contributed by atoms with Crippen LogP contribution in [0.4, 0.5) is 4.39 Å². The average Bonchev–Trinajstić information content (AvgIpc) is 3.27. The minimum Gasteiger partial charge on any atom is -0.342 e. The molecule has 0 bridgehead atoms. The van der Waals surface area contributed by atoms with Gasteiger partial charge >= 0.3 is 0 Å². The van der Waals surface area contributed by atoms with Gasteiger partial charge in [-0.25, -0.2) is 14.4 Å². The molecule has 1 unspecified atom stereocenters. The Morgan fingerprint density at radius 1 is 0.969 bits per heavy atom. The zero-order valence-electron chi connectivity index (χ0n) is 18.9. The van der Waals surface area contributed by atoms with Crippen molar-refractivity contribution in [2.75, 3.05) is 26.2 Å². The van der Waals surface area contributed by atoms with E-state index in [1.807, 2.05) is 23.6 Å². The molecule has 3 heterocycles. The second kappa shape index (κ2) is 9.76. The third-order valence-electron chi connectivity index (χ3n) is 6.63. The van der Waals surface area contributed by atoms with Crippen LogP contribution in [0.1, 0.15) is 59.9 Å². The van der Waals surface area contributed by atoms with Gasteiger partial charge in [0.25, 0.3) is 0 Å². The van der Waals surface area contributed by atoms with Crippen LogP contribution in [0.25, 0.3) is 0 Å². The van der Waals surface area contributed by atoms with E-state index < -0.39 is 0 Å². The molecule has 32 heavy (non-hydrogen) atoms. The first-order valence-corrected chi connectivity index (χ1v) is 11.5. The minimum absolute atomic E-state index is 0.00436. The van der Waals surface area contributed by atoms with E-state index in [4.69, 9.17) is 9.97 Å². The Balaban J connectivity index is 1.39. The highest BCUT2D eigenvalue weighted by Crippen LogP contribution is 2.27. The molecule has 6 nitrogen and oxygen atoms in total. The number of carbonyl (C=O) groups excluding carboxylic acids is 2. The number of piperidine rings is 1. The van der Waals surface area contributed by atoms with Gasteiger partial charge in [-0.3, -0.25) is 9.59 Å². The normalized spacial score (nSPS) is 18.8. The lowest BCUT2D eigenvalue weighted by Gasteiger charge is -2.27. The van der Waals surface area contributed by atoms with Crippen LogP contribution < -0.4 is 0 Å². The number of aryl methyl sites for hydroxylation is 2. The quantitative estimate of drug-likeness (QED) is 0.718. The molecule has 2 saturated heterocycles. The van der Waals surface area contributed by atoms with Gasteiger partial charge in [0.1, 0.15) is 11.6 Å². The molecule has 2 fully saturated rings. The van der Waals surface area contributed by atoms with Crippen LogP contribution in [-0.4, -0.2) is 57.8 Å². The van der Waals surface area contributed by atoms with Crippen LogP contribution in [-0.2, 0) is 22.4 Å². The molecule has 2 aromatic rings. The number of amides is 2. The summed E-state index contributed by atoms with van der Waals surface area (Å²) < 4.78 is 13.4. The van der Waals surface area contributed by atoms with Crippen molar-refractivity contribution < 1.29 is 14.0 Å². The van der Waals surface area contributed by atoms with Crippen LogP contribution in [0.2, 0.25) is 0 Å². The van der Waals surface area contributed by atoms with E-state index in [0.29, 0.717) is 25.1 Å². The molecule has 0 saturated carbocycles. The maximum Gasteiger partial charge on any atom is 0.227 e. The molecular weight excluding hydrogens is 407 g/mol. The zero-order valence-corrected chi connectivity index (χ0v) is 18.9. The second-order valence-corrected chi connectivity index (χ2v) is 8.98. The van der Waals surface area contributed by atoms with Gasteiger partial charge in [0, 0.05) is 49.0 Å². The van der Waals surface area contributed by atoms with Gasteiger partial charge in [-0.05, 0) is 57.2 Å². The minimum atomic E-state index is -0.326. The summed E-state index contributed by atoms with van der Waals surface area (Å²) in [6.45, 7) is 6.79. The Morgan fingerprint density at radius 3 is 2.34 bits per heavy atom. The van der Waals surface area contributed by atoms with Crippen molar-refractivity contribution in [1.82, 2.24) is 19.8 Å². The first kappa shape index (κ1) is 22.4. The van der Waals surface area contributed by atoms with Gasteiger partial charge in [0.2, 0.25) is 11.8 Å². The number of halogens is 1. The number of carbonyl (C=O) groups is 2. The van der Waals surface area contributed by atoms with Gasteiger partial charge < -0.3 is 9.80 Å². The summed E-state index contributed by atoms with van der Waals surface area (Å²) in [5.74, 6) is 0.649. The van der Waals surface area contributed by atoms with Crippen LogP contribution in [0, 0.1) is 19.7 Å². The first-order chi connectivity index (χ1) is 15.4. The van der Waals surface area contributed by atoms with Gasteiger partial charge in [0.05, 0.1) is 12.8 Å². The van der Waals surface area contributed by atoms with Crippen LogP contribution >= 0.6 is 0 Å². The van der Waals surface area contributed by atoms with Crippen molar-refractivity contribution in [2.24, 2.45) is 0 Å². The molecule has 0 aliphatic carbocycles. The predicted molar refractivity (Wildman–Crippen MR) is 120 cm³/mol. The fourth-order valence-electron chi connectivity index (χ4n) is 4.74.